The van der Waals surface area contributed by atoms with Crippen LogP contribution in [0.5, 0.6) is 0 Å². The summed E-state index contributed by atoms with van der Waals surface area (Å²) in [4.78, 5) is 0. The highest BCUT2D eigenvalue weighted by atomic mass is 14.8. The van der Waals surface area contributed by atoms with Crippen LogP contribution in [-0.4, -0.2) is 6.04 Å². The molecule has 0 aliphatic heterocycles. The Balaban J connectivity index is 2.30. The Hall–Kier alpha value is -0.0400. The first kappa shape index (κ1) is 10.5. The van der Waals surface area contributed by atoms with E-state index in [4.69, 9.17) is 5.73 Å². The normalized spacial score (nSPS) is 46.9. The SMILES string of the molecule is CCC(N)C1C2(C)CCC(C2)C1(C)C. The fraction of sp³-hybridized carbons (Fsp3) is 1.00. The van der Waals surface area contributed by atoms with E-state index in [2.05, 4.69) is 27.7 Å². The molecule has 2 saturated carbocycles. The molecule has 4 atom stereocenters. The number of nitrogens with two attached hydrogens (primary N) is 1. The lowest BCUT2D eigenvalue weighted by Crippen LogP contribution is -2.46. The summed E-state index contributed by atoms with van der Waals surface area (Å²) in [5.74, 6) is 1.69. The van der Waals surface area contributed by atoms with Crippen molar-refractivity contribution in [3.05, 3.63) is 0 Å². The van der Waals surface area contributed by atoms with E-state index < -0.39 is 0 Å². The summed E-state index contributed by atoms with van der Waals surface area (Å²) in [6.07, 6.45) is 5.42. The average Bonchev–Trinajstić information content (AvgIpc) is 2.55. The largest absolute Gasteiger partial charge is 0.327 e. The molecule has 2 N–H and O–H groups in total. The maximum absolute atomic E-state index is 6.33. The molecule has 0 radical (unpaired) electrons. The first-order valence-electron chi connectivity index (χ1n) is 6.17. The molecule has 2 aliphatic carbocycles. The zero-order valence-corrected chi connectivity index (χ0v) is 10.1. The van der Waals surface area contributed by atoms with Gasteiger partial charge in [-0.2, -0.15) is 0 Å². The van der Waals surface area contributed by atoms with Gasteiger partial charge in [0, 0.05) is 6.04 Å². The third kappa shape index (κ3) is 1.18. The van der Waals surface area contributed by atoms with Crippen molar-refractivity contribution in [3.8, 4) is 0 Å². The van der Waals surface area contributed by atoms with Crippen LogP contribution in [0.2, 0.25) is 0 Å². The summed E-state index contributed by atoms with van der Waals surface area (Å²) in [6, 6.07) is 0.417. The molecule has 2 fully saturated rings. The summed E-state index contributed by atoms with van der Waals surface area (Å²) in [7, 11) is 0. The highest BCUT2D eigenvalue weighted by Crippen LogP contribution is 2.66. The summed E-state index contributed by atoms with van der Waals surface area (Å²) >= 11 is 0. The van der Waals surface area contributed by atoms with Crippen molar-refractivity contribution >= 4 is 0 Å². The molecule has 2 bridgehead atoms. The minimum absolute atomic E-state index is 0.417. The van der Waals surface area contributed by atoms with Crippen LogP contribution < -0.4 is 5.73 Å². The molecule has 0 aromatic rings. The molecule has 14 heavy (non-hydrogen) atoms. The summed E-state index contributed by atoms with van der Waals surface area (Å²) in [6.45, 7) is 9.60. The molecule has 1 heteroatoms. The predicted molar refractivity (Wildman–Crippen MR) is 61.0 cm³/mol. The Morgan fingerprint density at radius 3 is 2.43 bits per heavy atom. The van der Waals surface area contributed by atoms with Crippen LogP contribution >= 0.6 is 0 Å². The van der Waals surface area contributed by atoms with E-state index in [0.29, 0.717) is 16.9 Å². The van der Waals surface area contributed by atoms with Crippen LogP contribution in [0.15, 0.2) is 0 Å². The van der Waals surface area contributed by atoms with E-state index in [1.807, 2.05) is 0 Å². The van der Waals surface area contributed by atoms with Crippen LogP contribution in [-0.2, 0) is 0 Å². The van der Waals surface area contributed by atoms with Crippen molar-refractivity contribution in [2.75, 3.05) is 0 Å². The molecule has 2 aliphatic rings. The smallest absolute Gasteiger partial charge is 0.00749 e. The van der Waals surface area contributed by atoms with Gasteiger partial charge in [-0.1, -0.05) is 27.7 Å². The zero-order valence-electron chi connectivity index (χ0n) is 10.1. The lowest BCUT2D eigenvalue weighted by molar-refractivity contribution is 0.0513. The number of hydrogen-bond acceptors (Lipinski definition) is 1. The molecule has 82 valence electrons. The maximum Gasteiger partial charge on any atom is 0.00749 e. The second-order valence-electron chi connectivity index (χ2n) is 6.46. The first-order valence-corrected chi connectivity index (χ1v) is 6.17. The van der Waals surface area contributed by atoms with Gasteiger partial charge in [-0.3, -0.25) is 0 Å². The van der Waals surface area contributed by atoms with Crippen LogP contribution in [0.4, 0.5) is 0 Å². The lowest BCUT2D eigenvalue weighted by Gasteiger charge is -2.45. The third-order valence-electron chi connectivity index (χ3n) is 5.28. The van der Waals surface area contributed by atoms with E-state index in [9.17, 15) is 0 Å². The zero-order chi connectivity index (χ0) is 10.6. The maximum atomic E-state index is 6.33. The van der Waals surface area contributed by atoms with Crippen LogP contribution in [0.3, 0.4) is 0 Å². The van der Waals surface area contributed by atoms with E-state index in [0.717, 1.165) is 18.3 Å². The molecule has 0 aromatic heterocycles. The predicted octanol–water partition coefficient (Wildman–Crippen LogP) is 3.19. The number of fused-ring (bicyclic) bond motifs is 2. The van der Waals surface area contributed by atoms with Crippen molar-refractivity contribution in [3.63, 3.8) is 0 Å². The van der Waals surface area contributed by atoms with E-state index in [1.54, 1.807) is 0 Å². The fourth-order valence-electron chi connectivity index (χ4n) is 4.64. The van der Waals surface area contributed by atoms with Crippen molar-refractivity contribution < 1.29 is 0 Å². The van der Waals surface area contributed by atoms with Gasteiger partial charge in [0.25, 0.3) is 0 Å². The van der Waals surface area contributed by atoms with Crippen molar-refractivity contribution in [1.82, 2.24) is 0 Å². The van der Waals surface area contributed by atoms with Gasteiger partial charge in [0.05, 0.1) is 0 Å². The standard InChI is InChI=1S/C13H25N/c1-5-10(14)11-12(2,3)9-6-7-13(11,4)8-9/h9-11H,5-8,14H2,1-4H3. The highest BCUT2D eigenvalue weighted by molar-refractivity contribution is 5.10. The number of rotatable bonds is 2. The number of hydrogen-bond donors (Lipinski definition) is 1. The van der Waals surface area contributed by atoms with Gasteiger partial charge in [-0.05, 0) is 48.3 Å². The van der Waals surface area contributed by atoms with Crippen LogP contribution in [0.1, 0.15) is 53.4 Å². The van der Waals surface area contributed by atoms with Gasteiger partial charge in [0.2, 0.25) is 0 Å². The monoisotopic (exact) mass is 195 g/mol. The topological polar surface area (TPSA) is 26.0 Å². The van der Waals surface area contributed by atoms with Crippen molar-refractivity contribution in [2.24, 2.45) is 28.4 Å². The molecule has 0 amide bonds. The molecule has 4 unspecified atom stereocenters. The average molecular weight is 195 g/mol. The van der Waals surface area contributed by atoms with Gasteiger partial charge in [0.15, 0.2) is 0 Å². The molecule has 0 aromatic carbocycles. The van der Waals surface area contributed by atoms with Crippen molar-refractivity contribution in [2.45, 2.75) is 59.4 Å². The molecule has 0 saturated heterocycles. The molecular weight excluding hydrogens is 170 g/mol. The molecule has 0 spiro atoms. The quantitative estimate of drug-likeness (QED) is 0.719. The minimum atomic E-state index is 0.417. The Morgan fingerprint density at radius 1 is 1.36 bits per heavy atom. The lowest BCUT2D eigenvalue weighted by atomic mass is 9.61. The second kappa shape index (κ2) is 2.98. The van der Waals surface area contributed by atoms with Gasteiger partial charge in [0.1, 0.15) is 0 Å². The van der Waals surface area contributed by atoms with Gasteiger partial charge in [-0.15, -0.1) is 0 Å². The molecular formula is C13H25N. The second-order valence-corrected chi connectivity index (χ2v) is 6.46. The van der Waals surface area contributed by atoms with E-state index >= 15 is 0 Å². The molecule has 2 rings (SSSR count). The fourth-order valence-corrected chi connectivity index (χ4v) is 4.64. The van der Waals surface area contributed by atoms with E-state index in [1.165, 1.54) is 19.3 Å². The van der Waals surface area contributed by atoms with E-state index in [-0.39, 0.29) is 0 Å². The Kier molecular flexibility index (Phi) is 2.23. The highest BCUT2D eigenvalue weighted by Gasteiger charge is 2.60. The summed E-state index contributed by atoms with van der Waals surface area (Å²) in [5.41, 5.74) is 7.37. The van der Waals surface area contributed by atoms with Crippen LogP contribution in [0.25, 0.3) is 0 Å². The summed E-state index contributed by atoms with van der Waals surface area (Å²) < 4.78 is 0. The third-order valence-corrected chi connectivity index (χ3v) is 5.28. The summed E-state index contributed by atoms with van der Waals surface area (Å²) in [5, 5.41) is 0. The molecule has 1 nitrogen and oxygen atoms in total. The van der Waals surface area contributed by atoms with Gasteiger partial charge < -0.3 is 5.73 Å². The Labute approximate surface area is 88.4 Å². The van der Waals surface area contributed by atoms with Crippen molar-refractivity contribution in [1.29, 1.82) is 0 Å². The Morgan fingerprint density at radius 2 is 2.00 bits per heavy atom. The van der Waals surface area contributed by atoms with Gasteiger partial charge in [-0.25, -0.2) is 0 Å². The first-order chi connectivity index (χ1) is 6.42. The minimum Gasteiger partial charge on any atom is -0.327 e. The van der Waals surface area contributed by atoms with Gasteiger partial charge >= 0.3 is 0 Å². The molecule has 0 heterocycles. The Bertz CT molecular complexity index is 229. The van der Waals surface area contributed by atoms with Crippen LogP contribution in [0, 0.1) is 22.7 Å².